The Labute approximate surface area is 244 Å². The summed E-state index contributed by atoms with van der Waals surface area (Å²) in [5.41, 5.74) is 9.00. The lowest BCUT2D eigenvalue weighted by molar-refractivity contribution is 0.252. The van der Waals surface area contributed by atoms with Gasteiger partial charge in [-0.15, -0.1) is 0 Å². The van der Waals surface area contributed by atoms with Crippen molar-refractivity contribution >= 4 is 16.9 Å². The second kappa shape index (κ2) is 14.5. The van der Waals surface area contributed by atoms with E-state index in [2.05, 4.69) is 134 Å². The summed E-state index contributed by atoms with van der Waals surface area (Å²) in [6, 6.07) is 18.5. The Morgan fingerprint density at radius 3 is 1.95 bits per heavy atom. The molecule has 214 valence electrons. The van der Waals surface area contributed by atoms with Crippen LogP contribution in [0.5, 0.6) is 0 Å². The molecular formula is C36H50N4. The molecule has 0 unspecified atom stereocenters. The number of unbranched alkanes of at least 4 members (excludes halogenated alkanes) is 2. The molecule has 40 heavy (non-hydrogen) atoms. The smallest absolute Gasteiger partial charge is 0.0462 e. The summed E-state index contributed by atoms with van der Waals surface area (Å²) >= 11 is 0. The fraction of sp³-hybridized carbons (Fsp3) is 0.444. The van der Waals surface area contributed by atoms with Crippen LogP contribution in [0.3, 0.4) is 0 Å². The van der Waals surface area contributed by atoms with Crippen molar-refractivity contribution in [2.75, 3.05) is 70.7 Å². The summed E-state index contributed by atoms with van der Waals surface area (Å²) in [6.45, 7) is 12.1. The van der Waals surface area contributed by atoms with Crippen LogP contribution in [0.4, 0.5) is 11.4 Å². The van der Waals surface area contributed by atoms with E-state index >= 15 is 0 Å². The number of allylic oxidation sites excluding steroid dienone is 4. The molecule has 0 bridgehead atoms. The van der Waals surface area contributed by atoms with E-state index in [-0.39, 0.29) is 0 Å². The molecular weight excluding hydrogens is 488 g/mol. The van der Waals surface area contributed by atoms with E-state index in [1.54, 1.807) is 0 Å². The number of hydrogen-bond acceptors (Lipinski definition) is 4. The Kier molecular flexibility index (Phi) is 10.9. The highest BCUT2D eigenvalue weighted by Gasteiger charge is 2.18. The van der Waals surface area contributed by atoms with Gasteiger partial charge in [-0.25, -0.2) is 0 Å². The van der Waals surface area contributed by atoms with E-state index in [1.807, 2.05) is 0 Å². The van der Waals surface area contributed by atoms with Gasteiger partial charge in [0.05, 0.1) is 0 Å². The van der Waals surface area contributed by atoms with Gasteiger partial charge in [0, 0.05) is 57.7 Å². The first-order valence-corrected chi connectivity index (χ1v) is 15.1. The lowest BCUT2D eigenvalue weighted by atomic mass is 9.90. The number of benzene rings is 2. The van der Waals surface area contributed by atoms with Crippen molar-refractivity contribution in [3.8, 4) is 0 Å². The summed E-state index contributed by atoms with van der Waals surface area (Å²) in [5.74, 6) is 0. The quantitative estimate of drug-likeness (QED) is 0.208. The van der Waals surface area contributed by atoms with Crippen LogP contribution in [0.1, 0.15) is 50.2 Å². The van der Waals surface area contributed by atoms with Gasteiger partial charge < -0.3 is 9.80 Å². The van der Waals surface area contributed by atoms with E-state index in [9.17, 15) is 0 Å². The van der Waals surface area contributed by atoms with Gasteiger partial charge in [-0.1, -0.05) is 74.1 Å². The minimum Gasteiger partial charge on any atom is -0.378 e. The van der Waals surface area contributed by atoms with E-state index in [0.717, 1.165) is 32.6 Å². The monoisotopic (exact) mass is 538 g/mol. The normalized spacial score (nSPS) is 17.5. The second-order valence-electron chi connectivity index (χ2n) is 11.7. The molecule has 1 aliphatic carbocycles. The molecule has 0 amide bonds. The highest BCUT2D eigenvalue weighted by Crippen LogP contribution is 2.32. The molecule has 1 saturated heterocycles. The molecule has 2 aromatic rings. The van der Waals surface area contributed by atoms with Crippen LogP contribution >= 0.6 is 0 Å². The van der Waals surface area contributed by atoms with Gasteiger partial charge in [0.1, 0.15) is 0 Å². The Hall–Kier alpha value is -3.08. The molecule has 0 radical (unpaired) electrons. The average molecular weight is 539 g/mol. The van der Waals surface area contributed by atoms with Gasteiger partial charge in [-0.2, -0.15) is 0 Å². The zero-order valence-electron chi connectivity index (χ0n) is 25.6. The first-order chi connectivity index (χ1) is 19.4. The maximum atomic E-state index is 4.14. The maximum Gasteiger partial charge on any atom is 0.0462 e. The summed E-state index contributed by atoms with van der Waals surface area (Å²) < 4.78 is 0. The molecule has 4 nitrogen and oxygen atoms in total. The summed E-state index contributed by atoms with van der Waals surface area (Å²) in [7, 11) is 8.43. The first-order valence-electron chi connectivity index (χ1n) is 15.1. The summed E-state index contributed by atoms with van der Waals surface area (Å²) in [6.07, 6.45) is 15.4. The van der Waals surface area contributed by atoms with Gasteiger partial charge in [-0.3, -0.25) is 9.80 Å². The molecule has 0 N–H and O–H groups in total. The first kappa shape index (κ1) is 29.9. The SMILES string of the molecule is C=C(CC)CCCCCN1CCN(c2ccc(C(=C3C=CC(N(C)C)C=C3)c3ccc(N(C)C)cc3)cc2)CC1. The molecule has 0 spiro atoms. The van der Waals surface area contributed by atoms with E-state index in [0.29, 0.717) is 6.04 Å². The van der Waals surface area contributed by atoms with Crippen LogP contribution in [0.15, 0.2) is 90.6 Å². The van der Waals surface area contributed by atoms with Crippen molar-refractivity contribution in [1.29, 1.82) is 0 Å². The zero-order chi connectivity index (χ0) is 28.5. The maximum absolute atomic E-state index is 4.14. The third-order valence-corrected chi connectivity index (χ3v) is 8.40. The van der Waals surface area contributed by atoms with Gasteiger partial charge >= 0.3 is 0 Å². The third-order valence-electron chi connectivity index (χ3n) is 8.40. The third kappa shape index (κ3) is 7.99. The number of anilines is 2. The molecule has 4 rings (SSSR count). The zero-order valence-corrected chi connectivity index (χ0v) is 25.6. The predicted molar refractivity (Wildman–Crippen MR) is 176 cm³/mol. The molecule has 0 saturated carbocycles. The van der Waals surface area contributed by atoms with Gasteiger partial charge in [0.15, 0.2) is 0 Å². The van der Waals surface area contributed by atoms with Crippen LogP contribution < -0.4 is 9.80 Å². The van der Waals surface area contributed by atoms with Crippen LogP contribution in [0.25, 0.3) is 5.57 Å². The van der Waals surface area contributed by atoms with Gasteiger partial charge in [0.25, 0.3) is 0 Å². The Morgan fingerprint density at radius 1 is 0.800 bits per heavy atom. The van der Waals surface area contributed by atoms with E-state index < -0.39 is 0 Å². The van der Waals surface area contributed by atoms with Crippen molar-refractivity contribution < 1.29 is 0 Å². The van der Waals surface area contributed by atoms with Crippen molar-refractivity contribution in [2.45, 2.75) is 45.1 Å². The molecule has 0 atom stereocenters. The Balaban J connectivity index is 1.42. The second-order valence-corrected chi connectivity index (χ2v) is 11.7. The fourth-order valence-electron chi connectivity index (χ4n) is 5.59. The largest absolute Gasteiger partial charge is 0.378 e. The number of rotatable bonds is 12. The van der Waals surface area contributed by atoms with Crippen molar-refractivity contribution in [3.05, 3.63) is 102 Å². The lowest BCUT2D eigenvalue weighted by Gasteiger charge is -2.36. The van der Waals surface area contributed by atoms with Crippen LogP contribution in [0.2, 0.25) is 0 Å². The van der Waals surface area contributed by atoms with E-state index in [4.69, 9.17) is 0 Å². The predicted octanol–water partition coefficient (Wildman–Crippen LogP) is 7.26. The Bertz CT molecular complexity index is 1160. The lowest BCUT2D eigenvalue weighted by Crippen LogP contribution is -2.46. The van der Waals surface area contributed by atoms with Gasteiger partial charge in [0.2, 0.25) is 0 Å². The van der Waals surface area contributed by atoms with Crippen LogP contribution in [0, 0.1) is 0 Å². The van der Waals surface area contributed by atoms with Crippen molar-refractivity contribution in [2.24, 2.45) is 0 Å². The molecule has 1 heterocycles. The molecule has 1 fully saturated rings. The minimum atomic E-state index is 0.336. The van der Waals surface area contributed by atoms with Crippen LogP contribution in [-0.2, 0) is 0 Å². The molecule has 1 aliphatic heterocycles. The molecule has 0 aromatic heterocycles. The molecule has 4 heteroatoms. The molecule has 2 aromatic carbocycles. The number of likely N-dealkylation sites (N-methyl/N-ethyl adjacent to an activating group) is 1. The average Bonchev–Trinajstić information content (AvgIpc) is 2.98. The van der Waals surface area contributed by atoms with Crippen molar-refractivity contribution in [3.63, 3.8) is 0 Å². The number of piperazine rings is 1. The summed E-state index contributed by atoms with van der Waals surface area (Å²) in [5, 5.41) is 0. The van der Waals surface area contributed by atoms with Crippen molar-refractivity contribution in [1.82, 2.24) is 9.80 Å². The number of nitrogens with zero attached hydrogens (tertiary/aromatic N) is 4. The van der Waals surface area contributed by atoms with E-state index in [1.165, 1.54) is 71.4 Å². The summed E-state index contributed by atoms with van der Waals surface area (Å²) in [4.78, 5) is 9.57. The topological polar surface area (TPSA) is 13.0 Å². The standard InChI is InChI=1S/C36H50N4/c1-7-29(2)11-9-8-10-24-39-25-27-40(28-26-39)35-22-16-32(17-23-35)36(30-12-18-33(19-13-30)37(3)4)31-14-20-34(21-15-31)38(5)6/h12-23,33H,2,7-11,24-28H2,1,3-6H3. The highest BCUT2D eigenvalue weighted by atomic mass is 15.3. The molecule has 2 aliphatic rings. The van der Waals surface area contributed by atoms with Gasteiger partial charge in [-0.05, 0) is 92.9 Å². The minimum absolute atomic E-state index is 0.336. The fourth-order valence-corrected chi connectivity index (χ4v) is 5.59. The Morgan fingerprint density at radius 2 is 1.40 bits per heavy atom. The van der Waals surface area contributed by atoms with Crippen LogP contribution in [-0.4, -0.2) is 76.8 Å². The highest BCUT2D eigenvalue weighted by molar-refractivity contribution is 5.86. The number of hydrogen-bond donors (Lipinski definition) is 0.